The van der Waals surface area contributed by atoms with E-state index < -0.39 is 30.0 Å². The number of nitrogens with one attached hydrogen (secondary N) is 2. The molecule has 3 unspecified atom stereocenters. The van der Waals surface area contributed by atoms with Gasteiger partial charge in [-0.05, 0) is 25.2 Å². The molecule has 8 nitrogen and oxygen atoms in total. The van der Waals surface area contributed by atoms with Crippen LogP contribution in [0.1, 0.15) is 32.6 Å². The quantitative estimate of drug-likeness (QED) is 0.604. The minimum atomic E-state index is -1.04. The van der Waals surface area contributed by atoms with Gasteiger partial charge in [-0.15, -0.1) is 0 Å². The highest BCUT2D eigenvalue weighted by atomic mass is 16.4. The van der Waals surface area contributed by atoms with Gasteiger partial charge in [0.2, 0.25) is 11.8 Å². The molecule has 2 fully saturated rings. The number of likely N-dealkylation sites (tertiary alicyclic amines) is 1. The maximum Gasteiger partial charge on any atom is 0.326 e. The van der Waals surface area contributed by atoms with Gasteiger partial charge in [0, 0.05) is 13.0 Å². The molecule has 2 rings (SSSR count). The summed E-state index contributed by atoms with van der Waals surface area (Å²) >= 11 is 0. The van der Waals surface area contributed by atoms with Crippen molar-refractivity contribution in [2.75, 3.05) is 6.54 Å². The first-order valence-corrected chi connectivity index (χ1v) is 7.02. The predicted molar refractivity (Wildman–Crippen MR) is 71.2 cm³/mol. The highest BCUT2D eigenvalue weighted by Gasteiger charge is 2.37. The Kier molecular flexibility index (Phi) is 4.44. The number of carbonyl (C=O) groups is 4. The molecule has 2 aliphatic heterocycles. The first-order chi connectivity index (χ1) is 9.88. The molecule has 0 aromatic carbocycles. The van der Waals surface area contributed by atoms with Crippen molar-refractivity contribution in [1.29, 1.82) is 0 Å². The van der Waals surface area contributed by atoms with E-state index in [2.05, 4.69) is 10.6 Å². The Morgan fingerprint density at radius 3 is 2.67 bits per heavy atom. The van der Waals surface area contributed by atoms with Crippen LogP contribution in [-0.4, -0.2) is 52.4 Å². The molecule has 0 saturated carbocycles. The number of hydrogen-bond acceptors (Lipinski definition) is 4. The van der Waals surface area contributed by atoms with Crippen LogP contribution in [0.3, 0.4) is 0 Å². The first kappa shape index (κ1) is 15.3. The molecule has 2 heterocycles. The third-order valence-corrected chi connectivity index (χ3v) is 3.95. The van der Waals surface area contributed by atoms with Gasteiger partial charge < -0.3 is 15.3 Å². The molecule has 0 bridgehead atoms. The van der Waals surface area contributed by atoms with E-state index in [1.807, 2.05) is 6.92 Å². The SMILES string of the molecule is CC1CCN(C(=O)NC2CCC(=O)NC2=O)C(C(=O)O)C1. The molecule has 0 aromatic rings. The van der Waals surface area contributed by atoms with Crippen molar-refractivity contribution >= 4 is 23.8 Å². The zero-order valence-electron chi connectivity index (χ0n) is 11.8. The lowest BCUT2D eigenvalue weighted by Gasteiger charge is -2.37. The second-order valence-corrected chi connectivity index (χ2v) is 5.63. The van der Waals surface area contributed by atoms with Crippen molar-refractivity contribution < 1.29 is 24.3 Å². The molecule has 116 valence electrons. The standard InChI is InChI=1S/C13H19N3O5/c1-7-4-5-16(9(6-7)12(19)20)13(21)14-8-2-3-10(17)15-11(8)18/h7-9H,2-6H2,1H3,(H,14,21)(H,19,20)(H,15,17,18). The fourth-order valence-electron chi connectivity index (χ4n) is 2.68. The van der Waals surface area contributed by atoms with E-state index in [0.717, 1.165) is 6.42 Å². The Balaban J connectivity index is 2.00. The summed E-state index contributed by atoms with van der Waals surface area (Å²) in [5, 5.41) is 13.9. The summed E-state index contributed by atoms with van der Waals surface area (Å²) in [7, 11) is 0. The highest BCUT2D eigenvalue weighted by molar-refractivity contribution is 6.01. The Hall–Kier alpha value is -2.12. The smallest absolute Gasteiger partial charge is 0.326 e. The van der Waals surface area contributed by atoms with Crippen LogP contribution >= 0.6 is 0 Å². The molecule has 2 saturated heterocycles. The molecule has 0 aliphatic carbocycles. The largest absolute Gasteiger partial charge is 0.480 e. The summed E-state index contributed by atoms with van der Waals surface area (Å²) in [5.74, 6) is -1.71. The summed E-state index contributed by atoms with van der Waals surface area (Å²) in [4.78, 5) is 47.4. The average Bonchev–Trinajstić information content (AvgIpc) is 2.41. The van der Waals surface area contributed by atoms with E-state index in [4.69, 9.17) is 0 Å². The molecule has 8 heteroatoms. The van der Waals surface area contributed by atoms with Crippen LogP contribution in [0.2, 0.25) is 0 Å². The maximum absolute atomic E-state index is 12.2. The summed E-state index contributed by atoms with van der Waals surface area (Å²) in [6, 6.07) is -2.23. The number of carboxylic acids is 1. The topological polar surface area (TPSA) is 116 Å². The summed E-state index contributed by atoms with van der Waals surface area (Å²) < 4.78 is 0. The molecule has 21 heavy (non-hydrogen) atoms. The number of rotatable bonds is 2. The number of piperidine rings is 2. The molecule has 4 amide bonds. The van der Waals surface area contributed by atoms with Crippen LogP contribution in [0, 0.1) is 5.92 Å². The molecule has 0 radical (unpaired) electrons. The van der Waals surface area contributed by atoms with Crippen molar-refractivity contribution in [2.24, 2.45) is 5.92 Å². The average molecular weight is 297 g/mol. The van der Waals surface area contributed by atoms with Crippen molar-refractivity contribution in [1.82, 2.24) is 15.5 Å². The Labute approximate surface area is 121 Å². The Morgan fingerprint density at radius 2 is 2.05 bits per heavy atom. The van der Waals surface area contributed by atoms with Gasteiger partial charge in [-0.1, -0.05) is 6.92 Å². The molecule has 3 atom stereocenters. The summed E-state index contributed by atoms with van der Waals surface area (Å²) in [6.07, 6.45) is 1.53. The van der Waals surface area contributed by atoms with Crippen LogP contribution in [-0.2, 0) is 14.4 Å². The number of imide groups is 1. The van der Waals surface area contributed by atoms with Crippen molar-refractivity contribution in [2.45, 2.75) is 44.7 Å². The summed E-state index contributed by atoms with van der Waals surface area (Å²) in [5.41, 5.74) is 0. The molecular formula is C13H19N3O5. The van der Waals surface area contributed by atoms with E-state index in [1.54, 1.807) is 0 Å². The summed E-state index contributed by atoms with van der Waals surface area (Å²) in [6.45, 7) is 2.29. The number of hydrogen-bond donors (Lipinski definition) is 3. The van der Waals surface area contributed by atoms with Gasteiger partial charge >= 0.3 is 12.0 Å². The van der Waals surface area contributed by atoms with Gasteiger partial charge in [0.25, 0.3) is 0 Å². The van der Waals surface area contributed by atoms with Gasteiger partial charge in [-0.3, -0.25) is 14.9 Å². The van der Waals surface area contributed by atoms with Gasteiger partial charge in [-0.25, -0.2) is 9.59 Å². The number of aliphatic carboxylic acids is 1. The van der Waals surface area contributed by atoms with E-state index in [1.165, 1.54) is 4.90 Å². The van der Waals surface area contributed by atoms with E-state index in [9.17, 15) is 24.3 Å². The van der Waals surface area contributed by atoms with Gasteiger partial charge in [0.05, 0.1) is 0 Å². The number of carbonyl (C=O) groups excluding carboxylic acids is 3. The molecule has 2 aliphatic rings. The Morgan fingerprint density at radius 1 is 1.33 bits per heavy atom. The van der Waals surface area contributed by atoms with Crippen molar-refractivity contribution in [3.05, 3.63) is 0 Å². The fraction of sp³-hybridized carbons (Fsp3) is 0.692. The van der Waals surface area contributed by atoms with E-state index in [-0.39, 0.29) is 24.7 Å². The monoisotopic (exact) mass is 297 g/mol. The number of nitrogens with zero attached hydrogens (tertiary/aromatic N) is 1. The van der Waals surface area contributed by atoms with Crippen LogP contribution in [0.5, 0.6) is 0 Å². The highest BCUT2D eigenvalue weighted by Crippen LogP contribution is 2.23. The lowest BCUT2D eigenvalue weighted by atomic mass is 9.92. The number of amides is 4. The first-order valence-electron chi connectivity index (χ1n) is 7.02. The number of carboxylic acid groups (broad SMARTS) is 1. The Bertz CT molecular complexity index is 478. The normalized spacial score (nSPS) is 29.8. The van der Waals surface area contributed by atoms with Crippen molar-refractivity contribution in [3.63, 3.8) is 0 Å². The van der Waals surface area contributed by atoms with E-state index in [0.29, 0.717) is 13.0 Å². The van der Waals surface area contributed by atoms with E-state index >= 15 is 0 Å². The molecular weight excluding hydrogens is 278 g/mol. The molecule has 0 aromatic heterocycles. The van der Waals surface area contributed by atoms with Crippen LogP contribution in [0.25, 0.3) is 0 Å². The second-order valence-electron chi connectivity index (χ2n) is 5.63. The molecule has 0 spiro atoms. The number of urea groups is 1. The fourth-order valence-corrected chi connectivity index (χ4v) is 2.68. The third kappa shape index (κ3) is 3.50. The zero-order chi connectivity index (χ0) is 15.6. The van der Waals surface area contributed by atoms with Crippen LogP contribution in [0.15, 0.2) is 0 Å². The lowest BCUT2D eigenvalue weighted by Crippen LogP contribution is -2.59. The van der Waals surface area contributed by atoms with Gasteiger partial charge in [0.15, 0.2) is 0 Å². The zero-order valence-corrected chi connectivity index (χ0v) is 11.8. The van der Waals surface area contributed by atoms with Crippen molar-refractivity contribution in [3.8, 4) is 0 Å². The molecule has 3 N–H and O–H groups in total. The van der Waals surface area contributed by atoms with Crippen LogP contribution in [0.4, 0.5) is 4.79 Å². The minimum Gasteiger partial charge on any atom is -0.480 e. The lowest BCUT2D eigenvalue weighted by molar-refractivity contribution is -0.143. The van der Waals surface area contributed by atoms with Gasteiger partial charge in [-0.2, -0.15) is 0 Å². The predicted octanol–water partition coefficient (Wildman–Crippen LogP) is -0.314. The minimum absolute atomic E-state index is 0.163. The van der Waals surface area contributed by atoms with Crippen LogP contribution < -0.4 is 10.6 Å². The van der Waals surface area contributed by atoms with Gasteiger partial charge in [0.1, 0.15) is 12.1 Å². The third-order valence-electron chi connectivity index (χ3n) is 3.95. The second kappa shape index (κ2) is 6.11. The maximum atomic E-state index is 12.2.